The van der Waals surface area contributed by atoms with Gasteiger partial charge in [0.1, 0.15) is 12.4 Å². The van der Waals surface area contributed by atoms with E-state index in [-0.39, 0.29) is 0 Å². The van der Waals surface area contributed by atoms with Crippen LogP contribution in [0.5, 0.6) is 5.75 Å². The Morgan fingerprint density at radius 2 is 1.67 bits per heavy atom. The van der Waals surface area contributed by atoms with Gasteiger partial charge < -0.3 is 10.1 Å². The summed E-state index contributed by atoms with van der Waals surface area (Å²) in [7, 11) is 0. The lowest BCUT2D eigenvalue weighted by molar-refractivity contribution is -0.136. The number of carbonyl (C=O) groups excluding carboxylic acids is 2. The highest BCUT2D eigenvalue weighted by Gasteiger charge is 2.13. The Bertz CT molecular complexity index is 1320. The van der Waals surface area contributed by atoms with Crippen LogP contribution in [0.25, 0.3) is 10.8 Å². The van der Waals surface area contributed by atoms with Crippen LogP contribution in [0.15, 0.2) is 96.1 Å². The molecule has 164 valence electrons. The van der Waals surface area contributed by atoms with Crippen LogP contribution in [0.1, 0.15) is 16.7 Å². The molecule has 0 atom stereocenters. The lowest BCUT2D eigenvalue weighted by Gasteiger charge is -2.12. The highest BCUT2D eigenvalue weighted by Crippen LogP contribution is 2.27. The summed E-state index contributed by atoms with van der Waals surface area (Å²) in [5.74, 6) is -1.03. The van der Waals surface area contributed by atoms with Crippen LogP contribution in [0.4, 0.5) is 5.69 Å². The molecule has 33 heavy (non-hydrogen) atoms. The molecule has 0 bridgehead atoms. The standard InChI is InChI=1S/C27H23N3O3/c1-19-8-7-12-22(16-19)29-26(31)27(32)30-28-17-24-23-13-6-5-11-21(23)14-15-25(24)33-18-20-9-3-2-4-10-20/h2-17H,18H2,1H3,(H,29,31)(H,30,32)/b28-17+. The topological polar surface area (TPSA) is 79.8 Å². The molecule has 2 amide bonds. The van der Waals surface area contributed by atoms with Gasteiger partial charge in [-0.3, -0.25) is 9.59 Å². The maximum Gasteiger partial charge on any atom is 0.329 e. The van der Waals surface area contributed by atoms with Crippen molar-refractivity contribution in [2.24, 2.45) is 5.10 Å². The summed E-state index contributed by atoms with van der Waals surface area (Å²) in [6.45, 7) is 2.30. The van der Waals surface area contributed by atoms with E-state index >= 15 is 0 Å². The van der Waals surface area contributed by atoms with Gasteiger partial charge >= 0.3 is 11.8 Å². The predicted molar refractivity (Wildman–Crippen MR) is 130 cm³/mol. The first-order valence-electron chi connectivity index (χ1n) is 10.5. The molecule has 4 rings (SSSR count). The van der Waals surface area contributed by atoms with Gasteiger partial charge in [0.05, 0.1) is 6.21 Å². The van der Waals surface area contributed by atoms with Gasteiger partial charge in [-0.2, -0.15) is 5.10 Å². The van der Waals surface area contributed by atoms with E-state index in [9.17, 15) is 9.59 Å². The van der Waals surface area contributed by atoms with Gasteiger partial charge in [0, 0.05) is 11.3 Å². The lowest BCUT2D eigenvalue weighted by atomic mass is 10.0. The Kier molecular flexibility index (Phi) is 6.75. The Hall–Kier alpha value is -4.45. The molecule has 2 N–H and O–H groups in total. The zero-order valence-corrected chi connectivity index (χ0v) is 18.1. The fourth-order valence-electron chi connectivity index (χ4n) is 3.39. The summed E-state index contributed by atoms with van der Waals surface area (Å²) in [6, 6.07) is 28.7. The molecule has 0 fully saturated rings. The molecule has 6 heteroatoms. The maximum atomic E-state index is 12.2. The predicted octanol–water partition coefficient (Wildman–Crippen LogP) is 4.82. The van der Waals surface area contributed by atoms with Crippen molar-refractivity contribution < 1.29 is 14.3 Å². The smallest absolute Gasteiger partial charge is 0.329 e. The normalized spacial score (nSPS) is 10.8. The molecular formula is C27H23N3O3. The van der Waals surface area contributed by atoms with Crippen LogP contribution in [0, 0.1) is 6.92 Å². The Morgan fingerprint density at radius 3 is 2.48 bits per heavy atom. The molecule has 0 aromatic heterocycles. The van der Waals surface area contributed by atoms with E-state index in [1.54, 1.807) is 18.2 Å². The average Bonchev–Trinajstić information content (AvgIpc) is 2.84. The van der Waals surface area contributed by atoms with Crippen LogP contribution in [-0.2, 0) is 16.2 Å². The van der Waals surface area contributed by atoms with Crippen LogP contribution in [0.2, 0.25) is 0 Å². The molecule has 0 saturated carbocycles. The number of benzene rings is 4. The number of nitrogens with one attached hydrogen (secondary N) is 2. The minimum absolute atomic E-state index is 0.394. The highest BCUT2D eigenvalue weighted by atomic mass is 16.5. The molecule has 0 aliphatic rings. The molecule has 0 aliphatic heterocycles. The third-order valence-electron chi connectivity index (χ3n) is 5.01. The molecule has 0 spiro atoms. The number of rotatable bonds is 6. The molecule has 4 aromatic carbocycles. The summed E-state index contributed by atoms with van der Waals surface area (Å²) in [4.78, 5) is 24.4. The number of hydrazone groups is 1. The second-order valence-corrected chi connectivity index (χ2v) is 7.50. The summed E-state index contributed by atoms with van der Waals surface area (Å²) in [6.07, 6.45) is 1.50. The van der Waals surface area contributed by atoms with Gasteiger partial charge in [-0.15, -0.1) is 0 Å². The van der Waals surface area contributed by atoms with E-state index in [2.05, 4.69) is 15.8 Å². The van der Waals surface area contributed by atoms with Crippen molar-refractivity contribution in [2.75, 3.05) is 5.32 Å². The number of anilines is 1. The first-order chi connectivity index (χ1) is 16.1. The highest BCUT2D eigenvalue weighted by molar-refractivity contribution is 6.39. The summed E-state index contributed by atoms with van der Waals surface area (Å²) >= 11 is 0. The Balaban J connectivity index is 1.50. The molecule has 0 unspecified atom stereocenters. The fraction of sp³-hybridized carbons (Fsp3) is 0.0741. The van der Waals surface area contributed by atoms with E-state index in [0.29, 0.717) is 23.6 Å². The molecule has 0 heterocycles. The third kappa shape index (κ3) is 5.62. The van der Waals surface area contributed by atoms with Crippen LogP contribution in [0.3, 0.4) is 0 Å². The van der Waals surface area contributed by atoms with Gasteiger partial charge in [-0.1, -0.05) is 72.8 Å². The molecule has 4 aromatic rings. The maximum absolute atomic E-state index is 12.2. The second kappa shape index (κ2) is 10.2. The molecule has 0 aliphatic carbocycles. The monoisotopic (exact) mass is 437 g/mol. The van der Waals surface area contributed by atoms with E-state index < -0.39 is 11.8 Å². The molecular weight excluding hydrogens is 414 g/mol. The summed E-state index contributed by atoms with van der Waals surface area (Å²) < 4.78 is 6.04. The summed E-state index contributed by atoms with van der Waals surface area (Å²) in [5, 5.41) is 8.51. The Morgan fingerprint density at radius 1 is 0.879 bits per heavy atom. The van der Waals surface area contributed by atoms with Gasteiger partial charge in [-0.05, 0) is 47.0 Å². The number of fused-ring (bicyclic) bond motifs is 1. The SMILES string of the molecule is Cc1cccc(NC(=O)C(=O)N/N=C/c2c(OCc3ccccc3)ccc3ccccc23)c1. The van der Waals surface area contributed by atoms with Gasteiger partial charge in [0.15, 0.2) is 0 Å². The minimum atomic E-state index is -0.861. The Labute approximate surface area is 191 Å². The lowest BCUT2D eigenvalue weighted by Crippen LogP contribution is -2.32. The minimum Gasteiger partial charge on any atom is -0.488 e. The fourth-order valence-corrected chi connectivity index (χ4v) is 3.39. The molecule has 0 radical (unpaired) electrons. The summed E-state index contributed by atoms with van der Waals surface area (Å²) in [5.41, 5.74) is 5.57. The van der Waals surface area contributed by atoms with Crippen LogP contribution < -0.4 is 15.5 Å². The number of amides is 2. The van der Waals surface area contributed by atoms with E-state index in [1.807, 2.05) is 79.7 Å². The average molecular weight is 437 g/mol. The van der Waals surface area contributed by atoms with E-state index in [4.69, 9.17) is 4.74 Å². The van der Waals surface area contributed by atoms with Gasteiger partial charge in [0.2, 0.25) is 0 Å². The number of hydrogen-bond donors (Lipinski definition) is 2. The van der Waals surface area contributed by atoms with Crippen molar-refractivity contribution >= 4 is 34.5 Å². The van der Waals surface area contributed by atoms with E-state index in [1.165, 1.54) is 6.21 Å². The second-order valence-electron chi connectivity index (χ2n) is 7.50. The first kappa shape index (κ1) is 21.8. The third-order valence-corrected chi connectivity index (χ3v) is 5.01. The number of hydrogen-bond acceptors (Lipinski definition) is 4. The number of aryl methyl sites for hydroxylation is 1. The van der Waals surface area contributed by atoms with Crippen LogP contribution >= 0.6 is 0 Å². The number of carbonyl (C=O) groups is 2. The van der Waals surface area contributed by atoms with Crippen molar-refractivity contribution in [1.82, 2.24) is 5.43 Å². The number of ether oxygens (including phenoxy) is 1. The van der Waals surface area contributed by atoms with Crippen molar-refractivity contribution in [1.29, 1.82) is 0 Å². The quantitative estimate of drug-likeness (QED) is 0.258. The zero-order valence-electron chi connectivity index (χ0n) is 18.1. The van der Waals surface area contributed by atoms with Gasteiger partial charge in [-0.25, -0.2) is 5.43 Å². The van der Waals surface area contributed by atoms with Crippen molar-refractivity contribution in [2.45, 2.75) is 13.5 Å². The van der Waals surface area contributed by atoms with E-state index in [0.717, 1.165) is 21.9 Å². The van der Waals surface area contributed by atoms with Gasteiger partial charge in [0.25, 0.3) is 0 Å². The van der Waals surface area contributed by atoms with Crippen LogP contribution in [-0.4, -0.2) is 18.0 Å². The van der Waals surface area contributed by atoms with Crippen molar-refractivity contribution in [3.63, 3.8) is 0 Å². The molecule has 6 nitrogen and oxygen atoms in total. The largest absolute Gasteiger partial charge is 0.488 e. The first-order valence-corrected chi connectivity index (χ1v) is 10.5. The molecule has 0 saturated heterocycles. The van der Waals surface area contributed by atoms with Crippen molar-refractivity contribution in [3.8, 4) is 5.75 Å². The van der Waals surface area contributed by atoms with Crippen molar-refractivity contribution in [3.05, 3.63) is 108 Å². The zero-order chi connectivity index (χ0) is 23.0. The number of nitrogens with zero attached hydrogens (tertiary/aromatic N) is 1.